The molecule has 1 aromatic carbocycles. The smallest absolute Gasteiger partial charge is 0.351 e. The fourth-order valence-electron chi connectivity index (χ4n) is 2.71. The van der Waals surface area contributed by atoms with Crippen LogP contribution in [0.4, 0.5) is 17.6 Å². The first kappa shape index (κ1) is 17.7. The van der Waals surface area contributed by atoms with Crippen LogP contribution in [0.3, 0.4) is 0 Å². The van der Waals surface area contributed by atoms with Gasteiger partial charge in [0.2, 0.25) is 5.91 Å². The van der Waals surface area contributed by atoms with E-state index in [0.29, 0.717) is 6.07 Å². The van der Waals surface area contributed by atoms with Crippen LogP contribution >= 0.6 is 0 Å². The van der Waals surface area contributed by atoms with Crippen LogP contribution in [0.1, 0.15) is 36.8 Å². The first-order valence-corrected chi connectivity index (χ1v) is 7.71. The molecule has 0 unspecified atom stereocenters. The van der Waals surface area contributed by atoms with E-state index in [1.807, 2.05) is 4.90 Å². The Labute approximate surface area is 132 Å². The second-order valence-corrected chi connectivity index (χ2v) is 5.77. The van der Waals surface area contributed by atoms with Crippen LogP contribution < -0.4 is 5.32 Å². The van der Waals surface area contributed by atoms with Crippen molar-refractivity contribution in [1.29, 1.82) is 0 Å². The minimum absolute atomic E-state index is 0.136. The largest absolute Gasteiger partial charge is 0.416 e. The number of hydrogen-bond acceptors (Lipinski definition) is 2. The maximum atomic E-state index is 13.0. The van der Waals surface area contributed by atoms with Crippen LogP contribution in [-0.2, 0) is 17.5 Å². The predicted molar refractivity (Wildman–Crippen MR) is 78.2 cm³/mol. The number of hydrogen-bond donors (Lipinski definition) is 1. The van der Waals surface area contributed by atoms with Crippen LogP contribution in [0.2, 0.25) is 0 Å². The lowest BCUT2D eigenvalue weighted by molar-refractivity contribution is -0.138. The van der Waals surface area contributed by atoms with Crippen molar-refractivity contribution in [3.63, 3.8) is 0 Å². The Morgan fingerprint density at radius 1 is 1.13 bits per heavy atom. The zero-order valence-corrected chi connectivity index (χ0v) is 12.8. The molecule has 1 aliphatic rings. The van der Waals surface area contributed by atoms with E-state index in [1.54, 1.807) is 0 Å². The van der Waals surface area contributed by atoms with Gasteiger partial charge >= 0.3 is 6.18 Å². The molecule has 1 fully saturated rings. The summed E-state index contributed by atoms with van der Waals surface area (Å²) in [5.41, 5.74) is -1.18. The molecule has 0 radical (unpaired) electrons. The topological polar surface area (TPSA) is 32.3 Å². The summed E-state index contributed by atoms with van der Waals surface area (Å²) in [6.45, 7) is 1.58. The molecule has 0 aromatic heterocycles. The highest BCUT2D eigenvalue weighted by molar-refractivity contribution is 5.78. The summed E-state index contributed by atoms with van der Waals surface area (Å²) in [5.74, 6) is -1.26. The minimum Gasteiger partial charge on any atom is -0.351 e. The Balaban J connectivity index is 1.93. The van der Waals surface area contributed by atoms with E-state index in [4.69, 9.17) is 0 Å². The standard InChI is InChI=1S/C16H20F4N2O/c17-13-6-5-12(14(9-13)16(18,19)20)10-21-15(23)11-22-7-3-1-2-4-8-22/h5-6,9H,1-4,7-8,10-11H2,(H,21,23). The second-order valence-electron chi connectivity index (χ2n) is 5.77. The average Bonchev–Trinajstić information content (AvgIpc) is 2.73. The van der Waals surface area contributed by atoms with Crippen molar-refractivity contribution in [1.82, 2.24) is 10.2 Å². The lowest BCUT2D eigenvalue weighted by Gasteiger charge is -2.19. The molecule has 7 heteroatoms. The molecule has 128 valence electrons. The molecule has 0 spiro atoms. The molecule has 0 atom stereocenters. The van der Waals surface area contributed by atoms with Crippen molar-refractivity contribution in [2.45, 2.75) is 38.4 Å². The molecule has 1 N–H and O–H groups in total. The number of halogens is 4. The monoisotopic (exact) mass is 332 g/mol. The van der Waals surface area contributed by atoms with E-state index in [0.717, 1.165) is 50.9 Å². The predicted octanol–water partition coefficient (Wildman–Crippen LogP) is 3.34. The third-order valence-electron chi connectivity index (χ3n) is 3.92. The number of carbonyl (C=O) groups is 1. The Hall–Kier alpha value is -1.63. The molecule has 23 heavy (non-hydrogen) atoms. The highest BCUT2D eigenvalue weighted by Crippen LogP contribution is 2.32. The Bertz CT molecular complexity index is 537. The lowest BCUT2D eigenvalue weighted by atomic mass is 10.1. The third kappa shape index (κ3) is 5.49. The van der Waals surface area contributed by atoms with Crippen LogP contribution in [0.25, 0.3) is 0 Å². The SMILES string of the molecule is O=C(CN1CCCCCC1)NCc1ccc(F)cc1C(F)(F)F. The summed E-state index contributed by atoms with van der Waals surface area (Å²) >= 11 is 0. The third-order valence-corrected chi connectivity index (χ3v) is 3.92. The zero-order chi connectivity index (χ0) is 16.9. The van der Waals surface area contributed by atoms with Gasteiger partial charge in [-0.2, -0.15) is 13.2 Å². The van der Waals surface area contributed by atoms with Gasteiger partial charge in [-0.3, -0.25) is 9.69 Å². The van der Waals surface area contributed by atoms with E-state index < -0.39 is 17.6 Å². The van der Waals surface area contributed by atoms with Gasteiger partial charge in [-0.1, -0.05) is 18.9 Å². The van der Waals surface area contributed by atoms with Crippen molar-refractivity contribution in [2.75, 3.05) is 19.6 Å². The summed E-state index contributed by atoms with van der Waals surface area (Å²) in [4.78, 5) is 13.9. The van der Waals surface area contributed by atoms with Crippen LogP contribution in [0, 0.1) is 5.82 Å². The quantitative estimate of drug-likeness (QED) is 0.858. The van der Waals surface area contributed by atoms with E-state index in [9.17, 15) is 22.4 Å². The number of alkyl halides is 3. The zero-order valence-electron chi connectivity index (χ0n) is 12.8. The Morgan fingerprint density at radius 2 is 1.78 bits per heavy atom. The molecule has 0 bridgehead atoms. The van der Waals surface area contributed by atoms with Gasteiger partial charge in [0.05, 0.1) is 12.1 Å². The van der Waals surface area contributed by atoms with E-state index in [1.165, 1.54) is 0 Å². The molecule has 3 nitrogen and oxygen atoms in total. The molecule has 1 saturated heterocycles. The van der Waals surface area contributed by atoms with E-state index in [2.05, 4.69) is 5.32 Å². The number of rotatable bonds is 4. The van der Waals surface area contributed by atoms with Crippen LogP contribution in [0.15, 0.2) is 18.2 Å². The number of carbonyl (C=O) groups excluding carboxylic acids is 1. The number of likely N-dealkylation sites (tertiary alicyclic amines) is 1. The number of nitrogens with one attached hydrogen (secondary N) is 1. The van der Waals surface area contributed by atoms with Gasteiger partial charge in [-0.15, -0.1) is 0 Å². The summed E-state index contributed by atoms with van der Waals surface area (Å²) in [6.07, 6.45) is -0.300. The van der Waals surface area contributed by atoms with Gasteiger partial charge in [-0.05, 0) is 43.6 Å². The summed E-state index contributed by atoms with van der Waals surface area (Å²) in [6, 6.07) is 2.48. The van der Waals surface area contributed by atoms with Gasteiger partial charge in [0, 0.05) is 6.54 Å². The summed E-state index contributed by atoms with van der Waals surface area (Å²) in [5, 5.41) is 2.50. The fraction of sp³-hybridized carbons (Fsp3) is 0.562. The number of benzene rings is 1. The minimum atomic E-state index is -4.65. The van der Waals surface area contributed by atoms with Gasteiger partial charge < -0.3 is 5.32 Å². The normalized spacial score (nSPS) is 16.9. The molecule has 0 aliphatic carbocycles. The van der Waals surface area contributed by atoms with Crippen molar-refractivity contribution < 1.29 is 22.4 Å². The molecule has 1 aromatic rings. The molecular weight excluding hydrogens is 312 g/mol. The molecule has 1 amide bonds. The lowest BCUT2D eigenvalue weighted by Crippen LogP contribution is -2.37. The molecule has 2 rings (SSSR count). The Kier molecular flexibility index (Phi) is 5.98. The first-order chi connectivity index (χ1) is 10.9. The van der Waals surface area contributed by atoms with Crippen molar-refractivity contribution >= 4 is 5.91 Å². The van der Waals surface area contributed by atoms with Crippen molar-refractivity contribution in [3.8, 4) is 0 Å². The first-order valence-electron chi connectivity index (χ1n) is 7.71. The van der Waals surface area contributed by atoms with Crippen LogP contribution in [0.5, 0.6) is 0 Å². The Morgan fingerprint density at radius 3 is 2.39 bits per heavy atom. The van der Waals surface area contributed by atoms with Crippen LogP contribution in [-0.4, -0.2) is 30.4 Å². The fourth-order valence-corrected chi connectivity index (χ4v) is 2.71. The van der Waals surface area contributed by atoms with Gasteiger partial charge in [-0.25, -0.2) is 4.39 Å². The number of amides is 1. The van der Waals surface area contributed by atoms with Gasteiger partial charge in [0.1, 0.15) is 5.82 Å². The molecule has 1 heterocycles. The maximum Gasteiger partial charge on any atom is 0.416 e. The highest BCUT2D eigenvalue weighted by Gasteiger charge is 2.33. The van der Waals surface area contributed by atoms with Gasteiger partial charge in [0.25, 0.3) is 0 Å². The second kappa shape index (κ2) is 7.77. The van der Waals surface area contributed by atoms with Crippen molar-refractivity contribution in [3.05, 3.63) is 35.1 Å². The van der Waals surface area contributed by atoms with E-state index >= 15 is 0 Å². The summed E-state index contributed by atoms with van der Waals surface area (Å²) < 4.78 is 51.7. The molecule has 0 saturated carbocycles. The highest BCUT2D eigenvalue weighted by atomic mass is 19.4. The number of nitrogens with zero attached hydrogens (tertiary/aromatic N) is 1. The average molecular weight is 332 g/mol. The van der Waals surface area contributed by atoms with Gasteiger partial charge in [0.15, 0.2) is 0 Å². The molecular formula is C16H20F4N2O. The van der Waals surface area contributed by atoms with Crippen molar-refractivity contribution in [2.24, 2.45) is 0 Å². The summed E-state index contributed by atoms with van der Waals surface area (Å²) in [7, 11) is 0. The maximum absolute atomic E-state index is 13.0. The van der Waals surface area contributed by atoms with E-state index in [-0.39, 0.29) is 24.6 Å². The molecule has 1 aliphatic heterocycles.